The van der Waals surface area contributed by atoms with E-state index in [9.17, 15) is 19.0 Å². The van der Waals surface area contributed by atoms with Crippen molar-refractivity contribution in [2.45, 2.75) is 277 Å². The Morgan fingerprint density at radius 2 is 0.571 bits per heavy atom. The van der Waals surface area contributed by atoms with E-state index in [1.165, 1.54) is 77.0 Å². The smallest absolute Gasteiger partial charge is 0.462 e. The molecule has 0 amide bonds. The molecule has 3 N–H and O–H groups in total. The van der Waals surface area contributed by atoms with Crippen LogP contribution >= 0.6 is 7.82 Å². The van der Waals surface area contributed by atoms with Gasteiger partial charge in [0.2, 0.25) is 0 Å². The number of esters is 2. The van der Waals surface area contributed by atoms with Gasteiger partial charge < -0.3 is 20.1 Å². The Kier molecular flexibility index (Phi) is 69.7. The van der Waals surface area contributed by atoms with Gasteiger partial charge in [-0.15, -0.1) is 0 Å². The van der Waals surface area contributed by atoms with Gasteiger partial charge in [-0.2, -0.15) is 0 Å². The van der Waals surface area contributed by atoms with Crippen molar-refractivity contribution in [1.29, 1.82) is 0 Å². The summed E-state index contributed by atoms with van der Waals surface area (Å²) in [6.07, 6.45) is 112. The number of rotatable bonds is 65. The van der Waals surface area contributed by atoms with E-state index in [1.807, 2.05) is 0 Å². The average Bonchev–Trinajstić information content (AvgIpc) is 3.74. The summed E-state index contributed by atoms with van der Waals surface area (Å²) in [4.78, 5) is 35.4. The third kappa shape index (κ3) is 73.8. The SMILES string of the molecule is CC/C=C\C/C=C\C/C=C\C/C=C\C/C=C\C/C=C\C/C=C\C/C=C\C/C=C\CCCCCCCCCCCC(=O)OC(COC(=O)CCCCCCCCCCCCC/C=C\C/C=C\C/C=C\C/C=C\C/C=C\C/C=C\C/C=C\CC)COP(=O)(O)OCCN. The average molecular weight is 1280 g/mol. The van der Waals surface area contributed by atoms with Crippen LogP contribution in [-0.4, -0.2) is 49.3 Å². The standard InChI is InChI=1S/C81H130NO8P/c1-3-5-7-9-11-13-15-17-19-21-23-25-27-29-31-33-35-37-38-39-40-42-44-46-48-50-52-54-56-58-60-62-64-66-68-70-72-74-81(84)90-79(78-89-91(85,86)88-76-75-82)77-87-80(83)73-71-69-67-65-63-61-59-57-55-53-51-49-47-45-43-41-36-34-32-30-28-26-24-22-20-18-16-14-12-10-8-6-4-2/h5-8,11-14,17-20,23-26,29-32,35-37,39-41,44-47,50,52,79H,3-4,9-10,15-16,21-22,27-28,33-34,38,42-43,48-49,51,53-78,82H2,1-2H3,(H,85,86)/b7-5-,8-6-,13-11-,14-12-,19-17-,20-18-,25-23-,26-24-,31-29-,32-30-,37-35-,40-39-,41-36-,46-44-,47-45-,52-50-. The zero-order valence-electron chi connectivity index (χ0n) is 57.5. The lowest BCUT2D eigenvalue weighted by Gasteiger charge is -2.19. The fraction of sp³-hybridized carbons (Fsp3) is 0.580. The molecule has 0 radical (unpaired) electrons. The molecule has 0 aliphatic rings. The lowest BCUT2D eigenvalue weighted by atomic mass is 10.0. The minimum Gasteiger partial charge on any atom is -0.462 e. The quantitative estimate of drug-likeness (QED) is 0.0264. The van der Waals surface area contributed by atoms with Gasteiger partial charge in [0.15, 0.2) is 6.10 Å². The molecule has 0 spiro atoms. The Morgan fingerprint density at radius 1 is 0.330 bits per heavy atom. The molecule has 512 valence electrons. The van der Waals surface area contributed by atoms with Crippen molar-refractivity contribution in [3.8, 4) is 0 Å². The van der Waals surface area contributed by atoms with Crippen molar-refractivity contribution in [1.82, 2.24) is 0 Å². The van der Waals surface area contributed by atoms with Gasteiger partial charge >= 0.3 is 19.8 Å². The molecular weight excluding hydrogens is 1150 g/mol. The van der Waals surface area contributed by atoms with Crippen LogP contribution in [0, 0.1) is 0 Å². The van der Waals surface area contributed by atoms with Crippen molar-refractivity contribution in [3.05, 3.63) is 194 Å². The Labute approximate surface area is 557 Å². The third-order valence-electron chi connectivity index (χ3n) is 14.5. The Hall–Kier alpha value is -5.15. The summed E-state index contributed by atoms with van der Waals surface area (Å²) in [6, 6.07) is 0. The molecule has 91 heavy (non-hydrogen) atoms. The number of hydrogen-bond acceptors (Lipinski definition) is 8. The van der Waals surface area contributed by atoms with E-state index in [1.54, 1.807) is 0 Å². The van der Waals surface area contributed by atoms with Crippen LogP contribution in [0.1, 0.15) is 271 Å². The van der Waals surface area contributed by atoms with Crippen molar-refractivity contribution in [2.24, 2.45) is 5.73 Å². The highest BCUT2D eigenvalue weighted by atomic mass is 31.2. The fourth-order valence-electron chi connectivity index (χ4n) is 9.26. The molecule has 0 aromatic carbocycles. The van der Waals surface area contributed by atoms with Gasteiger partial charge in [-0.25, -0.2) is 4.57 Å². The van der Waals surface area contributed by atoms with Gasteiger partial charge in [-0.1, -0.05) is 311 Å². The molecule has 0 saturated carbocycles. The second kappa shape index (κ2) is 73.9. The lowest BCUT2D eigenvalue weighted by molar-refractivity contribution is -0.161. The van der Waals surface area contributed by atoms with Crippen LogP contribution in [0.15, 0.2) is 194 Å². The van der Waals surface area contributed by atoms with Crippen LogP contribution in [0.5, 0.6) is 0 Å². The highest BCUT2D eigenvalue weighted by molar-refractivity contribution is 7.47. The van der Waals surface area contributed by atoms with Crippen molar-refractivity contribution >= 4 is 19.8 Å². The number of phosphoric acid groups is 1. The molecule has 0 heterocycles. The molecule has 2 unspecified atom stereocenters. The maximum absolute atomic E-state index is 12.8. The van der Waals surface area contributed by atoms with Crippen LogP contribution in [0.3, 0.4) is 0 Å². The molecule has 2 atom stereocenters. The molecule has 0 aliphatic carbocycles. The number of hydrogen-bond donors (Lipinski definition) is 2. The number of unbranched alkanes of at least 4 members (excludes halogenated alkanes) is 20. The van der Waals surface area contributed by atoms with Gasteiger partial charge in [0.1, 0.15) is 6.61 Å². The third-order valence-corrected chi connectivity index (χ3v) is 15.5. The second-order valence-corrected chi connectivity index (χ2v) is 24.4. The molecule has 9 nitrogen and oxygen atoms in total. The maximum atomic E-state index is 12.8. The molecule has 0 saturated heterocycles. The number of carbonyl (C=O) groups is 2. The molecule has 0 rings (SSSR count). The summed E-state index contributed by atoms with van der Waals surface area (Å²) in [6.45, 7) is 3.50. The van der Waals surface area contributed by atoms with E-state index >= 15 is 0 Å². The summed E-state index contributed by atoms with van der Waals surface area (Å²) in [5.74, 6) is -0.848. The van der Waals surface area contributed by atoms with Crippen LogP contribution in [0.25, 0.3) is 0 Å². The van der Waals surface area contributed by atoms with Crippen LogP contribution in [-0.2, 0) is 32.7 Å². The summed E-state index contributed by atoms with van der Waals surface area (Å²) >= 11 is 0. The minimum atomic E-state index is -4.41. The topological polar surface area (TPSA) is 134 Å². The Bertz CT molecular complexity index is 2200. The lowest BCUT2D eigenvalue weighted by Crippen LogP contribution is -2.29. The first kappa shape index (κ1) is 85.8. The largest absolute Gasteiger partial charge is 0.472 e. The molecule has 10 heteroatoms. The van der Waals surface area contributed by atoms with E-state index in [4.69, 9.17) is 24.3 Å². The predicted octanol–water partition coefficient (Wildman–Crippen LogP) is 24.1. The highest BCUT2D eigenvalue weighted by Crippen LogP contribution is 2.43. The summed E-state index contributed by atoms with van der Waals surface area (Å²) in [5.41, 5.74) is 5.40. The van der Waals surface area contributed by atoms with E-state index in [0.717, 1.165) is 161 Å². The monoisotopic (exact) mass is 1280 g/mol. The van der Waals surface area contributed by atoms with E-state index in [0.29, 0.717) is 6.42 Å². The van der Waals surface area contributed by atoms with Crippen LogP contribution in [0.2, 0.25) is 0 Å². The number of phosphoric ester groups is 1. The van der Waals surface area contributed by atoms with Crippen molar-refractivity contribution in [3.63, 3.8) is 0 Å². The molecule has 0 aromatic heterocycles. The Morgan fingerprint density at radius 3 is 0.846 bits per heavy atom. The number of ether oxygens (including phenoxy) is 2. The van der Waals surface area contributed by atoms with E-state index in [-0.39, 0.29) is 32.6 Å². The number of allylic oxidation sites excluding steroid dienone is 32. The Balaban J connectivity index is 3.98. The summed E-state index contributed by atoms with van der Waals surface area (Å²) in [5, 5.41) is 0. The summed E-state index contributed by atoms with van der Waals surface area (Å²) < 4.78 is 33.2. The van der Waals surface area contributed by atoms with Gasteiger partial charge in [0.05, 0.1) is 13.2 Å². The van der Waals surface area contributed by atoms with Gasteiger partial charge in [-0.05, 0) is 141 Å². The van der Waals surface area contributed by atoms with Crippen LogP contribution < -0.4 is 5.73 Å². The number of nitrogens with two attached hydrogens (primary N) is 1. The second-order valence-electron chi connectivity index (χ2n) is 23.0. The molecule has 0 fully saturated rings. The van der Waals surface area contributed by atoms with Crippen molar-refractivity contribution in [2.75, 3.05) is 26.4 Å². The zero-order valence-corrected chi connectivity index (χ0v) is 58.4. The first-order chi connectivity index (χ1) is 44.8. The predicted molar refractivity (Wildman–Crippen MR) is 394 cm³/mol. The van der Waals surface area contributed by atoms with Gasteiger partial charge in [0.25, 0.3) is 0 Å². The highest BCUT2D eigenvalue weighted by Gasteiger charge is 2.26. The number of carbonyl (C=O) groups excluding carboxylic acids is 2. The minimum absolute atomic E-state index is 0.0425. The summed E-state index contributed by atoms with van der Waals surface area (Å²) in [7, 11) is -4.41. The molecule has 0 bridgehead atoms. The van der Waals surface area contributed by atoms with Gasteiger partial charge in [0, 0.05) is 19.4 Å². The van der Waals surface area contributed by atoms with E-state index in [2.05, 4.69) is 208 Å². The van der Waals surface area contributed by atoms with Crippen molar-refractivity contribution < 1.29 is 37.6 Å². The molecule has 0 aliphatic heterocycles. The molecular formula is C81H130NO8P. The van der Waals surface area contributed by atoms with Crippen LogP contribution in [0.4, 0.5) is 0 Å². The fourth-order valence-corrected chi connectivity index (χ4v) is 10.0. The first-order valence-corrected chi connectivity index (χ1v) is 37.4. The molecule has 0 aromatic rings. The normalized spacial score (nSPS) is 14.1. The maximum Gasteiger partial charge on any atom is 0.472 e. The first-order valence-electron chi connectivity index (χ1n) is 35.9. The zero-order chi connectivity index (χ0) is 65.8. The van der Waals surface area contributed by atoms with E-state index < -0.39 is 32.5 Å². The van der Waals surface area contributed by atoms with Gasteiger partial charge in [-0.3, -0.25) is 18.6 Å².